The minimum Gasteiger partial charge on any atom is -0.460 e. The number of carbonyl (C=O) groups excluding carboxylic acids is 4. The molecule has 4 atom stereocenters. The third-order valence-corrected chi connectivity index (χ3v) is 6.27. The summed E-state index contributed by atoms with van der Waals surface area (Å²) >= 11 is 0. The fraction of sp³-hybridized carbons (Fsp3) is 0.452. The zero-order valence-corrected chi connectivity index (χ0v) is 25.2. The third kappa shape index (κ3) is 10.1. The van der Waals surface area contributed by atoms with Crippen LogP contribution in [0.15, 0.2) is 59.0 Å². The van der Waals surface area contributed by atoms with E-state index in [1.165, 1.54) is 6.92 Å². The summed E-state index contributed by atoms with van der Waals surface area (Å²) in [5.74, 6) is -2.39. The standard InChI is InChI=1S/C31H40N4O8/c1-18(2)25(35-30(40)41-17-20-12-8-7-9-13-20)28(39)32-19(3)27(38)33-22(16-24(36)43-31(4,5)6)26(37)29-34-21-14-10-11-15-23(21)42-29/h7-15,18-19,22,25-26,37H,16-17H2,1-6H3,(H,32,39)(H,33,38)(H,35,40)/t19-,22+,25+,26?/m0/s1. The van der Waals surface area contributed by atoms with Crippen molar-refractivity contribution in [2.45, 2.75) is 84.4 Å². The van der Waals surface area contributed by atoms with Gasteiger partial charge in [0.15, 0.2) is 11.7 Å². The Hall–Kier alpha value is -4.45. The van der Waals surface area contributed by atoms with Crippen molar-refractivity contribution in [2.75, 3.05) is 0 Å². The van der Waals surface area contributed by atoms with Gasteiger partial charge in [0.1, 0.15) is 29.8 Å². The van der Waals surface area contributed by atoms with Crippen molar-refractivity contribution in [1.82, 2.24) is 20.9 Å². The number of alkyl carbamates (subject to hydrolysis) is 1. The molecule has 0 aliphatic heterocycles. The van der Waals surface area contributed by atoms with Crippen LogP contribution >= 0.6 is 0 Å². The van der Waals surface area contributed by atoms with E-state index < -0.39 is 60.1 Å². The Morgan fingerprint density at radius 2 is 1.56 bits per heavy atom. The van der Waals surface area contributed by atoms with E-state index in [0.29, 0.717) is 11.1 Å². The predicted octanol–water partition coefficient (Wildman–Crippen LogP) is 3.53. The molecule has 1 unspecified atom stereocenters. The molecule has 1 aromatic heterocycles. The van der Waals surface area contributed by atoms with Gasteiger partial charge < -0.3 is 34.9 Å². The van der Waals surface area contributed by atoms with E-state index in [2.05, 4.69) is 20.9 Å². The molecular formula is C31H40N4O8. The van der Waals surface area contributed by atoms with Crippen molar-refractivity contribution >= 4 is 35.0 Å². The van der Waals surface area contributed by atoms with E-state index in [0.717, 1.165) is 5.56 Å². The Balaban J connectivity index is 1.67. The smallest absolute Gasteiger partial charge is 0.408 e. The predicted molar refractivity (Wildman–Crippen MR) is 157 cm³/mol. The average Bonchev–Trinajstić information content (AvgIpc) is 3.37. The minimum absolute atomic E-state index is 0.0271. The number of nitrogens with zero attached hydrogens (tertiary/aromatic N) is 1. The molecule has 1 heterocycles. The summed E-state index contributed by atoms with van der Waals surface area (Å²) in [6, 6.07) is 12.7. The molecule has 0 radical (unpaired) electrons. The zero-order valence-electron chi connectivity index (χ0n) is 25.2. The number of amides is 3. The number of ether oxygens (including phenoxy) is 2. The number of carbonyl (C=O) groups is 4. The van der Waals surface area contributed by atoms with Gasteiger partial charge in [-0.3, -0.25) is 14.4 Å². The highest BCUT2D eigenvalue weighted by Crippen LogP contribution is 2.24. The van der Waals surface area contributed by atoms with Crippen molar-refractivity contribution in [3.05, 3.63) is 66.1 Å². The van der Waals surface area contributed by atoms with Crippen LogP contribution in [0.25, 0.3) is 11.1 Å². The first kappa shape index (κ1) is 33.1. The highest BCUT2D eigenvalue weighted by Gasteiger charge is 2.33. The molecule has 0 spiro atoms. The summed E-state index contributed by atoms with van der Waals surface area (Å²) in [6.45, 7) is 10.0. The van der Waals surface area contributed by atoms with Crippen molar-refractivity contribution < 1.29 is 38.2 Å². The average molecular weight is 597 g/mol. The van der Waals surface area contributed by atoms with Crippen LogP contribution in [-0.4, -0.2) is 57.7 Å². The van der Waals surface area contributed by atoms with Gasteiger partial charge in [-0.25, -0.2) is 9.78 Å². The summed E-state index contributed by atoms with van der Waals surface area (Å²) in [5, 5.41) is 18.8. The van der Waals surface area contributed by atoms with Gasteiger partial charge in [-0.15, -0.1) is 0 Å². The Kier molecular flexibility index (Phi) is 11.2. The first-order valence-electron chi connectivity index (χ1n) is 14.1. The number of aliphatic hydroxyl groups excluding tert-OH is 1. The number of aromatic nitrogens is 1. The van der Waals surface area contributed by atoms with Gasteiger partial charge in [-0.2, -0.15) is 0 Å². The molecule has 4 N–H and O–H groups in total. The Morgan fingerprint density at radius 3 is 2.19 bits per heavy atom. The number of nitrogens with one attached hydrogen (secondary N) is 3. The third-order valence-electron chi connectivity index (χ3n) is 6.27. The number of para-hydroxylation sites is 2. The Labute approximate surface area is 250 Å². The van der Waals surface area contributed by atoms with Gasteiger partial charge >= 0.3 is 12.1 Å². The number of aliphatic hydroxyl groups is 1. The number of fused-ring (bicyclic) bond motifs is 1. The molecule has 12 nitrogen and oxygen atoms in total. The SMILES string of the molecule is CC(C)[C@@H](NC(=O)OCc1ccccc1)C(=O)N[C@@H](C)C(=O)N[C@H](CC(=O)OC(C)(C)C)C(O)c1nc2ccccc2o1. The number of esters is 1. The normalized spacial score (nSPS) is 14.3. The maximum atomic E-state index is 13.2. The molecule has 232 valence electrons. The van der Waals surface area contributed by atoms with Crippen molar-refractivity contribution in [3.8, 4) is 0 Å². The molecule has 3 rings (SSSR count). The van der Waals surface area contributed by atoms with E-state index in [1.54, 1.807) is 71.0 Å². The highest BCUT2D eigenvalue weighted by molar-refractivity contribution is 5.91. The van der Waals surface area contributed by atoms with Crippen LogP contribution in [0.4, 0.5) is 4.79 Å². The van der Waals surface area contributed by atoms with Crippen LogP contribution < -0.4 is 16.0 Å². The lowest BCUT2D eigenvalue weighted by Gasteiger charge is -2.27. The molecule has 3 amide bonds. The van der Waals surface area contributed by atoms with Crippen molar-refractivity contribution in [1.29, 1.82) is 0 Å². The quantitative estimate of drug-likeness (QED) is 0.229. The van der Waals surface area contributed by atoms with Crippen LogP contribution in [0, 0.1) is 5.92 Å². The van der Waals surface area contributed by atoms with Gasteiger partial charge in [0, 0.05) is 0 Å². The van der Waals surface area contributed by atoms with E-state index in [1.807, 2.05) is 18.2 Å². The lowest BCUT2D eigenvalue weighted by Crippen LogP contribution is -2.56. The number of hydrogen-bond acceptors (Lipinski definition) is 9. The topological polar surface area (TPSA) is 169 Å². The first-order chi connectivity index (χ1) is 20.2. The summed E-state index contributed by atoms with van der Waals surface area (Å²) in [7, 11) is 0. The highest BCUT2D eigenvalue weighted by atomic mass is 16.6. The second kappa shape index (κ2) is 14.6. The zero-order chi connectivity index (χ0) is 31.7. The maximum Gasteiger partial charge on any atom is 0.408 e. The summed E-state index contributed by atoms with van der Waals surface area (Å²) in [5.41, 5.74) is 0.911. The fourth-order valence-corrected chi connectivity index (χ4v) is 4.10. The van der Waals surface area contributed by atoms with Crippen LogP contribution in [0.3, 0.4) is 0 Å². The molecule has 12 heteroatoms. The molecule has 2 aromatic carbocycles. The molecule has 0 fully saturated rings. The summed E-state index contributed by atoms with van der Waals surface area (Å²) < 4.78 is 16.3. The van der Waals surface area contributed by atoms with Crippen molar-refractivity contribution in [3.63, 3.8) is 0 Å². The van der Waals surface area contributed by atoms with Gasteiger partial charge in [0.25, 0.3) is 0 Å². The molecule has 0 aliphatic carbocycles. The van der Waals surface area contributed by atoms with Gasteiger partial charge in [-0.05, 0) is 51.3 Å². The van der Waals surface area contributed by atoms with Crippen LogP contribution in [0.2, 0.25) is 0 Å². The first-order valence-corrected chi connectivity index (χ1v) is 14.1. The van der Waals surface area contributed by atoms with E-state index >= 15 is 0 Å². The fourth-order valence-electron chi connectivity index (χ4n) is 4.10. The van der Waals surface area contributed by atoms with Gasteiger partial charge in [0.2, 0.25) is 17.7 Å². The monoisotopic (exact) mass is 596 g/mol. The minimum atomic E-state index is -1.50. The molecule has 43 heavy (non-hydrogen) atoms. The Morgan fingerprint density at radius 1 is 0.907 bits per heavy atom. The van der Waals surface area contributed by atoms with Crippen LogP contribution in [0.5, 0.6) is 0 Å². The molecule has 0 bridgehead atoms. The van der Waals surface area contributed by atoms with E-state index in [-0.39, 0.29) is 18.4 Å². The number of benzene rings is 2. The second-order valence-electron chi connectivity index (χ2n) is 11.5. The molecule has 0 saturated heterocycles. The molecule has 3 aromatic rings. The molecule has 0 aliphatic rings. The number of hydrogen-bond donors (Lipinski definition) is 4. The Bertz CT molecular complexity index is 1370. The number of oxazole rings is 1. The molecule has 0 saturated carbocycles. The number of rotatable bonds is 12. The van der Waals surface area contributed by atoms with Gasteiger partial charge in [0.05, 0.1) is 12.5 Å². The lowest BCUT2D eigenvalue weighted by molar-refractivity contribution is -0.156. The van der Waals surface area contributed by atoms with Crippen LogP contribution in [0.1, 0.15) is 65.5 Å². The second-order valence-corrected chi connectivity index (χ2v) is 11.5. The van der Waals surface area contributed by atoms with E-state index in [9.17, 15) is 24.3 Å². The lowest BCUT2D eigenvalue weighted by atomic mass is 10.0. The summed E-state index contributed by atoms with van der Waals surface area (Å²) in [4.78, 5) is 55.6. The molecular weight excluding hydrogens is 556 g/mol. The largest absolute Gasteiger partial charge is 0.460 e. The maximum absolute atomic E-state index is 13.2. The van der Waals surface area contributed by atoms with Gasteiger partial charge in [-0.1, -0.05) is 56.3 Å². The van der Waals surface area contributed by atoms with Crippen molar-refractivity contribution in [2.24, 2.45) is 5.92 Å². The summed E-state index contributed by atoms with van der Waals surface area (Å²) in [6.07, 6.45) is -2.68. The van der Waals surface area contributed by atoms with Crippen LogP contribution in [-0.2, 0) is 30.5 Å². The van der Waals surface area contributed by atoms with E-state index in [4.69, 9.17) is 13.9 Å².